The third-order valence-electron chi connectivity index (χ3n) is 2.26. The molecule has 0 heterocycles. The van der Waals surface area contributed by atoms with Crippen LogP contribution in [0, 0.1) is 21.7 Å². The molecule has 1 rings (SSSR count). The van der Waals surface area contributed by atoms with Gasteiger partial charge >= 0.3 is 5.69 Å². The van der Waals surface area contributed by atoms with Gasteiger partial charge in [0, 0.05) is 18.7 Å². The molecule has 0 aromatic heterocycles. The molecule has 0 saturated heterocycles. The van der Waals surface area contributed by atoms with E-state index in [4.69, 9.17) is 5.11 Å². The van der Waals surface area contributed by atoms with Crippen LogP contribution in [0.3, 0.4) is 0 Å². The molecule has 9 heteroatoms. The molecular formula is C10H10F4N2O3. The van der Waals surface area contributed by atoms with E-state index >= 15 is 0 Å². The second-order valence-corrected chi connectivity index (χ2v) is 3.57. The topological polar surface area (TPSA) is 66.6 Å². The average molecular weight is 282 g/mol. The van der Waals surface area contributed by atoms with E-state index < -0.39 is 54.1 Å². The van der Waals surface area contributed by atoms with Crippen molar-refractivity contribution in [3.8, 4) is 0 Å². The highest BCUT2D eigenvalue weighted by atomic mass is 19.3. The lowest BCUT2D eigenvalue weighted by Crippen LogP contribution is -2.32. The van der Waals surface area contributed by atoms with Crippen molar-refractivity contribution in [2.45, 2.75) is 6.43 Å². The van der Waals surface area contributed by atoms with E-state index in [-0.39, 0.29) is 0 Å². The van der Waals surface area contributed by atoms with Crippen molar-refractivity contribution in [1.29, 1.82) is 0 Å². The third kappa shape index (κ3) is 3.78. The van der Waals surface area contributed by atoms with Gasteiger partial charge in [-0.2, -0.15) is 4.39 Å². The second-order valence-electron chi connectivity index (χ2n) is 3.57. The van der Waals surface area contributed by atoms with Crippen molar-refractivity contribution in [3.63, 3.8) is 0 Å². The van der Waals surface area contributed by atoms with Crippen LogP contribution in [0.1, 0.15) is 0 Å². The van der Waals surface area contributed by atoms with E-state index in [9.17, 15) is 27.7 Å². The van der Waals surface area contributed by atoms with E-state index in [0.717, 1.165) is 0 Å². The molecule has 1 aromatic rings. The van der Waals surface area contributed by atoms with Crippen LogP contribution in [0.2, 0.25) is 0 Å². The van der Waals surface area contributed by atoms with Gasteiger partial charge in [0.05, 0.1) is 18.1 Å². The van der Waals surface area contributed by atoms with Gasteiger partial charge in [0.1, 0.15) is 11.5 Å². The SMILES string of the molecule is O=[N+]([O-])c1c(F)cc(F)cc1N(CCO)CC(F)F. The summed E-state index contributed by atoms with van der Waals surface area (Å²) >= 11 is 0. The Morgan fingerprint density at radius 3 is 2.47 bits per heavy atom. The highest BCUT2D eigenvalue weighted by molar-refractivity contribution is 5.64. The van der Waals surface area contributed by atoms with Crippen LogP contribution in [-0.2, 0) is 0 Å². The lowest BCUT2D eigenvalue weighted by molar-refractivity contribution is -0.386. The summed E-state index contributed by atoms with van der Waals surface area (Å²) in [6.45, 7) is -1.99. The molecule has 0 bridgehead atoms. The van der Waals surface area contributed by atoms with Gasteiger partial charge in [0.2, 0.25) is 5.82 Å². The summed E-state index contributed by atoms with van der Waals surface area (Å²) in [6.07, 6.45) is -2.88. The number of halogens is 4. The van der Waals surface area contributed by atoms with Gasteiger partial charge in [-0.1, -0.05) is 0 Å². The fourth-order valence-electron chi connectivity index (χ4n) is 1.57. The number of hydrogen-bond donors (Lipinski definition) is 1. The number of nitro benzene ring substituents is 1. The van der Waals surface area contributed by atoms with Crippen LogP contribution in [-0.4, -0.2) is 36.2 Å². The Bertz CT molecular complexity index is 470. The predicted molar refractivity (Wildman–Crippen MR) is 58.3 cm³/mol. The first-order chi connectivity index (χ1) is 8.86. The number of aliphatic hydroxyl groups is 1. The predicted octanol–water partition coefficient (Wildman–Crippen LogP) is 1.94. The van der Waals surface area contributed by atoms with Crippen LogP contribution in [0.4, 0.5) is 28.9 Å². The van der Waals surface area contributed by atoms with Crippen molar-refractivity contribution in [3.05, 3.63) is 33.9 Å². The van der Waals surface area contributed by atoms with Crippen LogP contribution in [0.15, 0.2) is 12.1 Å². The quantitative estimate of drug-likeness (QED) is 0.492. The maximum Gasteiger partial charge on any atom is 0.328 e. The van der Waals surface area contributed by atoms with Gasteiger partial charge in [-0.25, -0.2) is 13.2 Å². The molecule has 0 fully saturated rings. The van der Waals surface area contributed by atoms with E-state index in [1.165, 1.54) is 0 Å². The standard InChI is InChI=1S/C10H10F4N2O3/c11-6-3-7(12)10(16(18)19)8(4-6)15(1-2-17)5-9(13)14/h3-4,9,17H,1-2,5H2. The molecule has 0 aliphatic rings. The number of aliphatic hydroxyl groups excluding tert-OH is 1. The fraction of sp³-hybridized carbons (Fsp3) is 0.400. The molecular weight excluding hydrogens is 272 g/mol. The minimum absolute atomic E-state index is 0.293. The number of benzene rings is 1. The van der Waals surface area contributed by atoms with Crippen molar-refractivity contribution in [1.82, 2.24) is 0 Å². The summed E-state index contributed by atoms with van der Waals surface area (Å²) in [4.78, 5) is 10.3. The normalized spacial score (nSPS) is 10.8. The molecule has 1 aromatic carbocycles. The molecule has 19 heavy (non-hydrogen) atoms. The number of nitrogens with zero attached hydrogens (tertiary/aromatic N) is 2. The number of anilines is 1. The molecule has 0 saturated carbocycles. The van der Waals surface area contributed by atoms with Crippen LogP contribution >= 0.6 is 0 Å². The van der Waals surface area contributed by atoms with Gasteiger partial charge in [-0.05, 0) is 0 Å². The van der Waals surface area contributed by atoms with Gasteiger partial charge in [0.25, 0.3) is 6.43 Å². The van der Waals surface area contributed by atoms with E-state index in [2.05, 4.69) is 0 Å². The van der Waals surface area contributed by atoms with Gasteiger partial charge in [-0.15, -0.1) is 0 Å². The summed E-state index contributed by atoms with van der Waals surface area (Å²) in [5, 5.41) is 19.4. The molecule has 0 radical (unpaired) electrons. The fourth-order valence-corrected chi connectivity index (χ4v) is 1.57. The first kappa shape index (κ1) is 15.2. The lowest BCUT2D eigenvalue weighted by Gasteiger charge is -2.23. The van der Waals surface area contributed by atoms with E-state index in [0.29, 0.717) is 17.0 Å². The van der Waals surface area contributed by atoms with Crippen LogP contribution < -0.4 is 4.90 Å². The Hall–Kier alpha value is -1.90. The highest BCUT2D eigenvalue weighted by Gasteiger charge is 2.27. The number of hydrogen-bond acceptors (Lipinski definition) is 4. The zero-order chi connectivity index (χ0) is 14.6. The molecule has 106 valence electrons. The summed E-state index contributed by atoms with van der Waals surface area (Å²) in [7, 11) is 0. The number of nitro groups is 1. The second kappa shape index (κ2) is 6.32. The summed E-state index contributed by atoms with van der Waals surface area (Å²) < 4.78 is 51.1. The Morgan fingerprint density at radius 2 is 2.00 bits per heavy atom. The van der Waals surface area contributed by atoms with Gasteiger partial charge in [-0.3, -0.25) is 10.1 Å². The molecule has 5 nitrogen and oxygen atoms in total. The third-order valence-corrected chi connectivity index (χ3v) is 2.26. The maximum atomic E-state index is 13.3. The zero-order valence-corrected chi connectivity index (χ0v) is 9.52. The van der Waals surface area contributed by atoms with E-state index in [1.807, 2.05) is 0 Å². The number of alkyl halides is 2. The van der Waals surface area contributed by atoms with E-state index in [1.54, 1.807) is 0 Å². The monoisotopic (exact) mass is 282 g/mol. The first-order valence-corrected chi connectivity index (χ1v) is 5.14. The Kier molecular flexibility index (Phi) is 5.04. The number of rotatable bonds is 6. The Balaban J connectivity index is 3.30. The molecule has 0 amide bonds. The van der Waals surface area contributed by atoms with Gasteiger partial charge < -0.3 is 10.0 Å². The molecule has 0 aliphatic carbocycles. The molecule has 0 unspecified atom stereocenters. The summed E-state index contributed by atoms with van der Waals surface area (Å²) in [5.41, 5.74) is -1.73. The van der Waals surface area contributed by atoms with Crippen molar-refractivity contribution in [2.75, 3.05) is 24.6 Å². The summed E-state index contributed by atoms with van der Waals surface area (Å²) in [5.74, 6) is -2.59. The summed E-state index contributed by atoms with van der Waals surface area (Å²) in [6, 6.07) is 0.875. The van der Waals surface area contributed by atoms with Crippen LogP contribution in [0.25, 0.3) is 0 Å². The smallest absolute Gasteiger partial charge is 0.328 e. The maximum absolute atomic E-state index is 13.3. The Labute approximate surface area is 105 Å². The van der Waals surface area contributed by atoms with Crippen molar-refractivity contribution < 1.29 is 27.6 Å². The van der Waals surface area contributed by atoms with Gasteiger partial charge in [0.15, 0.2) is 0 Å². The molecule has 0 aliphatic heterocycles. The molecule has 1 N–H and O–H groups in total. The van der Waals surface area contributed by atoms with Crippen molar-refractivity contribution >= 4 is 11.4 Å². The largest absolute Gasteiger partial charge is 0.395 e. The zero-order valence-electron chi connectivity index (χ0n) is 9.52. The molecule has 0 atom stereocenters. The molecule has 0 spiro atoms. The van der Waals surface area contributed by atoms with Crippen LogP contribution in [0.5, 0.6) is 0 Å². The first-order valence-electron chi connectivity index (χ1n) is 5.14. The lowest BCUT2D eigenvalue weighted by atomic mass is 10.2. The minimum Gasteiger partial charge on any atom is -0.395 e. The average Bonchev–Trinajstić information content (AvgIpc) is 2.25. The highest BCUT2D eigenvalue weighted by Crippen LogP contribution is 2.32. The van der Waals surface area contributed by atoms with Crippen molar-refractivity contribution in [2.24, 2.45) is 0 Å². The Morgan fingerprint density at radius 1 is 1.37 bits per heavy atom. The minimum atomic E-state index is -2.88.